The van der Waals surface area contributed by atoms with Crippen LogP contribution in [0.15, 0.2) is 24.3 Å². The first-order valence-corrected chi connectivity index (χ1v) is 4.91. The lowest BCUT2D eigenvalue weighted by molar-refractivity contribution is 0.414. The summed E-state index contributed by atoms with van der Waals surface area (Å²) >= 11 is 11.9. The van der Waals surface area contributed by atoms with Crippen molar-refractivity contribution in [2.24, 2.45) is 0 Å². The Morgan fingerprint density at radius 3 is 2.23 bits per heavy atom. The maximum absolute atomic E-state index is 5.95. The first-order chi connectivity index (χ1) is 6.13. The van der Waals surface area contributed by atoms with Crippen LogP contribution in [0, 0.1) is 0 Å². The second kappa shape index (κ2) is 3.07. The fourth-order valence-corrected chi connectivity index (χ4v) is 1.97. The summed E-state index contributed by atoms with van der Waals surface area (Å²) in [5, 5.41) is 0. The summed E-state index contributed by atoms with van der Waals surface area (Å²) in [6, 6.07) is 7.88. The minimum atomic E-state index is -0.533. The van der Waals surface area contributed by atoms with E-state index in [1.165, 1.54) is 5.56 Å². The third kappa shape index (κ3) is 1.77. The molecule has 1 aliphatic carbocycles. The highest BCUT2D eigenvalue weighted by atomic mass is 35.5. The molecule has 2 rings (SSSR count). The molecule has 1 aromatic rings. The maximum atomic E-state index is 5.95. The minimum absolute atomic E-state index is 0.293. The standard InChI is InChI=1S/C10H10Cl2O/c1-13-8-4-2-7(3-5-8)9-6-10(9,11)12/h2-5,9H,6H2,1H3/t9-/m1/s1. The number of hydrogen-bond acceptors (Lipinski definition) is 1. The Labute approximate surface area is 87.6 Å². The molecule has 1 atom stereocenters. The summed E-state index contributed by atoms with van der Waals surface area (Å²) in [7, 11) is 1.65. The number of hydrogen-bond donors (Lipinski definition) is 0. The fourth-order valence-electron chi connectivity index (χ4n) is 1.41. The van der Waals surface area contributed by atoms with Gasteiger partial charge in [0, 0.05) is 5.92 Å². The molecule has 0 N–H and O–H groups in total. The van der Waals surface area contributed by atoms with Crippen molar-refractivity contribution in [2.45, 2.75) is 16.7 Å². The zero-order valence-electron chi connectivity index (χ0n) is 7.26. The van der Waals surface area contributed by atoms with E-state index in [1.807, 2.05) is 24.3 Å². The molecule has 0 radical (unpaired) electrons. The van der Waals surface area contributed by atoms with Crippen molar-refractivity contribution in [1.82, 2.24) is 0 Å². The molecule has 1 aliphatic rings. The minimum Gasteiger partial charge on any atom is -0.497 e. The molecule has 0 aromatic heterocycles. The molecule has 0 bridgehead atoms. The van der Waals surface area contributed by atoms with Crippen molar-refractivity contribution in [3.63, 3.8) is 0 Å². The number of halogens is 2. The molecule has 1 saturated carbocycles. The molecule has 13 heavy (non-hydrogen) atoms. The monoisotopic (exact) mass is 216 g/mol. The highest BCUT2D eigenvalue weighted by Gasteiger charge is 2.52. The van der Waals surface area contributed by atoms with Gasteiger partial charge in [-0.15, -0.1) is 23.2 Å². The lowest BCUT2D eigenvalue weighted by atomic mass is 10.1. The van der Waals surface area contributed by atoms with Gasteiger partial charge in [-0.1, -0.05) is 12.1 Å². The summed E-state index contributed by atoms with van der Waals surface area (Å²) in [5.41, 5.74) is 1.19. The van der Waals surface area contributed by atoms with Crippen LogP contribution < -0.4 is 4.74 Å². The summed E-state index contributed by atoms with van der Waals surface area (Å²) < 4.78 is 4.52. The molecular weight excluding hydrogens is 207 g/mol. The van der Waals surface area contributed by atoms with E-state index in [-0.39, 0.29) is 0 Å². The second-order valence-corrected chi connectivity index (χ2v) is 4.83. The van der Waals surface area contributed by atoms with E-state index in [0.29, 0.717) is 5.92 Å². The molecule has 1 fully saturated rings. The number of alkyl halides is 2. The zero-order chi connectivity index (χ0) is 9.47. The van der Waals surface area contributed by atoms with Gasteiger partial charge in [-0.05, 0) is 24.1 Å². The van der Waals surface area contributed by atoms with Gasteiger partial charge in [0.2, 0.25) is 0 Å². The van der Waals surface area contributed by atoms with Crippen molar-refractivity contribution >= 4 is 23.2 Å². The number of rotatable bonds is 2. The lowest BCUT2D eigenvalue weighted by Crippen LogP contribution is -1.90. The van der Waals surface area contributed by atoms with Crippen molar-refractivity contribution in [3.05, 3.63) is 29.8 Å². The van der Waals surface area contributed by atoms with Gasteiger partial charge in [-0.2, -0.15) is 0 Å². The molecule has 0 saturated heterocycles. The first kappa shape index (κ1) is 9.17. The molecule has 3 heteroatoms. The fraction of sp³-hybridized carbons (Fsp3) is 0.400. The Morgan fingerprint density at radius 2 is 1.85 bits per heavy atom. The van der Waals surface area contributed by atoms with E-state index >= 15 is 0 Å². The number of methoxy groups -OCH3 is 1. The predicted molar refractivity (Wildman–Crippen MR) is 54.8 cm³/mol. The zero-order valence-corrected chi connectivity index (χ0v) is 8.77. The van der Waals surface area contributed by atoms with Crippen LogP contribution in [0.25, 0.3) is 0 Å². The molecule has 0 unspecified atom stereocenters. The van der Waals surface area contributed by atoms with Crippen LogP contribution >= 0.6 is 23.2 Å². The third-order valence-corrected chi connectivity index (χ3v) is 3.18. The molecule has 0 heterocycles. The van der Waals surface area contributed by atoms with Gasteiger partial charge in [0.1, 0.15) is 10.1 Å². The van der Waals surface area contributed by atoms with Crippen molar-refractivity contribution < 1.29 is 4.74 Å². The normalized spacial score (nSPS) is 24.1. The maximum Gasteiger partial charge on any atom is 0.125 e. The molecule has 0 aliphatic heterocycles. The van der Waals surface area contributed by atoms with E-state index in [4.69, 9.17) is 27.9 Å². The second-order valence-electron chi connectivity index (χ2n) is 3.29. The van der Waals surface area contributed by atoms with Crippen LogP contribution in [0.5, 0.6) is 5.75 Å². The Bertz CT molecular complexity index is 305. The quantitative estimate of drug-likeness (QED) is 0.690. The van der Waals surface area contributed by atoms with Gasteiger partial charge < -0.3 is 4.74 Å². The van der Waals surface area contributed by atoms with Gasteiger partial charge in [-0.3, -0.25) is 0 Å². The van der Waals surface area contributed by atoms with Gasteiger partial charge in [0.15, 0.2) is 0 Å². The number of ether oxygens (including phenoxy) is 1. The highest BCUT2D eigenvalue weighted by molar-refractivity contribution is 6.51. The van der Waals surface area contributed by atoms with E-state index in [9.17, 15) is 0 Å². The third-order valence-electron chi connectivity index (χ3n) is 2.34. The molecule has 0 spiro atoms. The smallest absolute Gasteiger partial charge is 0.125 e. The Balaban J connectivity index is 2.16. The lowest BCUT2D eigenvalue weighted by Gasteiger charge is -2.02. The Hall–Kier alpha value is -0.400. The molecule has 70 valence electrons. The Kier molecular flexibility index (Phi) is 2.17. The molecule has 0 amide bonds. The van der Waals surface area contributed by atoms with Gasteiger partial charge >= 0.3 is 0 Å². The van der Waals surface area contributed by atoms with Crippen LogP contribution in [0.1, 0.15) is 17.9 Å². The van der Waals surface area contributed by atoms with Crippen LogP contribution in [0.3, 0.4) is 0 Å². The average molecular weight is 217 g/mol. The van der Waals surface area contributed by atoms with Gasteiger partial charge in [-0.25, -0.2) is 0 Å². The van der Waals surface area contributed by atoms with E-state index in [0.717, 1.165) is 12.2 Å². The largest absolute Gasteiger partial charge is 0.497 e. The number of benzene rings is 1. The summed E-state index contributed by atoms with van der Waals surface area (Å²) in [6.07, 6.45) is 0.850. The van der Waals surface area contributed by atoms with E-state index in [1.54, 1.807) is 7.11 Å². The van der Waals surface area contributed by atoms with Crippen molar-refractivity contribution in [2.75, 3.05) is 7.11 Å². The highest BCUT2D eigenvalue weighted by Crippen LogP contribution is 2.59. The summed E-state index contributed by atoms with van der Waals surface area (Å²) in [6.45, 7) is 0. The van der Waals surface area contributed by atoms with Crippen LogP contribution in [-0.4, -0.2) is 11.4 Å². The topological polar surface area (TPSA) is 9.23 Å². The van der Waals surface area contributed by atoms with E-state index < -0.39 is 4.33 Å². The van der Waals surface area contributed by atoms with Crippen LogP contribution in [0.2, 0.25) is 0 Å². The van der Waals surface area contributed by atoms with Crippen molar-refractivity contribution in [3.8, 4) is 5.75 Å². The summed E-state index contributed by atoms with van der Waals surface area (Å²) in [5.74, 6) is 1.15. The molecule has 1 nitrogen and oxygen atoms in total. The Morgan fingerprint density at radius 1 is 1.31 bits per heavy atom. The van der Waals surface area contributed by atoms with Gasteiger partial charge in [0.05, 0.1) is 7.11 Å². The van der Waals surface area contributed by atoms with Crippen molar-refractivity contribution in [1.29, 1.82) is 0 Å². The van der Waals surface area contributed by atoms with Crippen LogP contribution in [-0.2, 0) is 0 Å². The average Bonchev–Trinajstić information content (AvgIpc) is 2.76. The first-order valence-electron chi connectivity index (χ1n) is 4.15. The van der Waals surface area contributed by atoms with Gasteiger partial charge in [0.25, 0.3) is 0 Å². The molecule has 1 aromatic carbocycles. The molecular formula is C10H10Cl2O. The van der Waals surface area contributed by atoms with E-state index in [2.05, 4.69) is 0 Å². The van der Waals surface area contributed by atoms with Crippen LogP contribution in [0.4, 0.5) is 0 Å². The SMILES string of the molecule is COc1ccc([C@H]2CC2(Cl)Cl)cc1. The summed E-state index contributed by atoms with van der Waals surface area (Å²) in [4.78, 5) is 0. The predicted octanol–water partition coefficient (Wildman–Crippen LogP) is 3.36.